The summed E-state index contributed by atoms with van der Waals surface area (Å²) in [5, 5.41) is 3.15. The highest BCUT2D eigenvalue weighted by Crippen LogP contribution is 2.37. The molecule has 0 aromatic carbocycles. The van der Waals surface area contributed by atoms with E-state index in [0.29, 0.717) is 19.1 Å². The summed E-state index contributed by atoms with van der Waals surface area (Å²) in [6.45, 7) is 5.15. The minimum atomic E-state index is -3.15. The third-order valence-electron chi connectivity index (χ3n) is 4.14. The van der Waals surface area contributed by atoms with Gasteiger partial charge < -0.3 is 10.2 Å². The predicted molar refractivity (Wildman–Crippen MR) is 79.8 cm³/mol. The van der Waals surface area contributed by atoms with Gasteiger partial charge in [0.05, 0.1) is 5.75 Å². The lowest BCUT2D eigenvalue weighted by Gasteiger charge is -2.49. The van der Waals surface area contributed by atoms with Gasteiger partial charge in [0.15, 0.2) is 0 Å². The number of nitrogens with one attached hydrogen (secondary N) is 1. The van der Waals surface area contributed by atoms with Gasteiger partial charge in [-0.05, 0) is 33.4 Å². The van der Waals surface area contributed by atoms with E-state index >= 15 is 0 Å². The Bertz CT molecular complexity index is 375. The zero-order valence-electron chi connectivity index (χ0n) is 12.9. The Balaban J connectivity index is 2.53. The number of rotatable bonds is 8. The molecule has 1 aliphatic carbocycles. The van der Waals surface area contributed by atoms with Crippen LogP contribution in [0.4, 0.5) is 0 Å². The molecule has 0 spiro atoms. The molecule has 1 fully saturated rings. The van der Waals surface area contributed by atoms with E-state index in [1.54, 1.807) is 7.05 Å². The van der Waals surface area contributed by atoms with Gasteiger partial charge in [-0.25, -0.2) is 12.7 Å². The van der Waals surface area contributed by atoms with Crippen molar-refractivity contribution in [1.29, 1.82) is 0 Å². The minimum Gasteiger partial charge on any atom is -0.313 e. The SMILES string of the molecule is CC(C)NCCS(=O)(=O)N(C)CC1(N(C)C)CCC1. The standard InChI is InChI=1S/C13H29N3O2S/c1-12(2)14-9-10-19(17,18)16(5)11-13(15(3)4)7-6-8-13/h12,14H,6-11H2,1-5H3. The maximum atomic E-state index is 12.2. The maximum Gasteiger partial charge on any atom is 0.215 e. The summed E-state index contributed by atoms with van der Waals surface area (Å²) in [5.41, 5.74) is 0.0489. The fraction of sp³-hybridized carbons (Fsp3) is 1.00. The molecule has 0 amide bonds. The quantitative estimate of drug-likeness (QED) is 0.716. The largest absolute Gasteiger partial charge is 0.313 e. The fourth-order valence-electron chi connectivity index (χ4n) is 2.48. The van der Waals surface area contributed by atoms with Crippen LogP contribution in [-0.2, 0) is 10.0 Å². The lowest BCUT2D eigenvalue weighted by molar-refractivity contribution is 0.0455. The van der Waals surface area contributed by atoms with Crippen molar-refractivity contribution in [3.05, 3.63) is 0 Å². The summed E-state index contributed by atoms with van der Waals surface area (Å²) in [6.07, 6.45) is 3.37. The highest BCUT2D eigenvalue weighted by molar-refractivity contribution is 7.89. The van der Waals surface area contributed by atoms with E-state index in [0.717, 1.165) is 12.8 Å². The van der Waals surface area contributed by atoms with Crippen LogP contribution < -0.4 is 5.32 Å². The van der Waals surface area contributed by atoms with Crippen LogP contribution in [0.2, 0.25) is 0 Å². The summed E-state index contributed by atoms with van der Waals surface area (Å²) in [7, 11) is 2.63. The van der Waals surface area contributed by atoms with Gasteiger partial charge in [-0.3, -0.25) is 0 Å². The second-order valence-corrected chi connectivity index (χ2v) is 8.35. The van der Waals surface area contributed by atoms with Crippen molar-refractivity contribution in [2.45, 2.75) is 44.7 Å². The van der Waals surface area contributed by atoms with E-state index < -0.39 is 10.0 Å². The summed E-state index contributed by atoms with van der Waals surface area (Å²) >= 11 is 0. The van der Waals surface area contributed by atoms with Crippen LogP contribution in [0.3, 0.4) is 0 Å². The first-order chi connectivity index (χ1) is 8.69. The van der Waals surface area contributed by atoms with E-state index in [2.05, 4.69) is 10.2 Å². The lowest BCUT2D eigenvalue weighted by atomic mass is 9.75. The van der Waals surface area contributed by atoms with Crippen molar-refractivity contribution in [3.63, 3.8) is 0 Å². The Hall–Kier alpha value is -0.170. The summed E-state index contributed by atoms with van der Waals surface area (Å²) in [5.74, 6) is 0.172. The van der Waals surface area contributed by atoms with Crippen LogP contribution in [0.1, 0.15) is 33.1 Å². The molecule has 19 heavy (non-hydrogen) atoms. The van der Waals surface area contributed by atoms with Crippen LogP contribution >= 0.6 is 0 Å². The van der Waals surface area contributed by atoms with Crippen LogP contribution in [0, 0.1) is 0 Å². The van der Waals surface area contributed by atoms with E-state index in [4.69, 9.17) is 0 Å². The molecule has 0 aromatic heterocycles. The zero-order valence-corrected chi connectivity index (χ0v) is 13.8. The smallest absolute Gasteiger partial charge is 0.215 e. The summed E-state index contributed by atoms with van der Waals surface area (Å²) in [4.78, 5) is 2.18. The number of hydrogen-bond acceptors (Lipinski definition) is 4. The Kier molecular flexibility index (Phi) is 5.79. The molecule has 6 heteroatoms. The molecule has 1 rings (SSSR count). The highest BCUT2D eigenvalue weighted by Gasteiger charge is 2.41. The molecule has 0 atom stereocenters. The average molecular weight is 291 g/mol. The van der Waals surface area contributed by atoms with Crippen LogP contribution in [0.15, 0.2) is 0 Å². The van der Waals surface area contributed by atoms with Crippen LogP contribution in [0.5, 0.6) is 0 Å². The van der Waals surface area contributed by atoms with Crippen molar-refractivity contribution in [3.8, 4) is 0 Å². The molecule has 0 bridgehead atoms. The molecule has 0 unspecified atom stereocenters. The topological polar surface area (TPSA) is 52.7 Å². The fourth-order valence-corrected chi connectivity index (χ4v) is 3.60. The Morgan fingerprint density at radius 1 is 1.21 bits per heavy atom. The Morgan fingerprint density at radius 3 is 2.16 bits per heavy atom. The van der Waals surface area contributed by atoms with Crippen molar-refractivity contribution >= 4 is 10.0 Å². The van der Waals surface area contributed by atoms with E-state index in [1.807, 2.05) is 27.9 Å². The molecule has 5 nitrogen and oxygen atoms in total. The predicted octanol–water partition coefficient (Wildman–Crippen LogP) is 0.730. The molecule has 1 saturated carbocycles. The Morgan fingerprint density at radius 2 is 1.79 bits per heavy atom. The van der Waals surface area contributed by atoms with E-state index in [1.165, 1.54) is 10.7 Å². The Labute approximate surface area is 118 Å². The number of sulfonamides is 1. The third kappa shape index (κ3) is 4.41. The second kappa shape index (κ2) is 6.52. The molecule has 1 N–H and O–H groups in total. The first-order valence-electron chi connectivity index (χ1n) is 7.04. The molecule has 0 radical (unpaired) electrons. The van der Waals surface area contributed by atoms with E-state index in [-0.39, 0.29) is 11.3 Å². The summed E-state index contributed by atoms with van der Waals surface area (Å²) < 4.78 is 26.0. The average Bonchev–Trinajstić information content (AvgIpc) is 2.21. The molecule has 0 heterocycles. The van der Waals surface area contributed by atoms with Gasteiger partial charge in [-0.1, -0.05) is 13.8 Å². The molecule has 0 aliphatic heterocycles. The van der Waals surface area contributed by atoms with Gasteiger partial charge in [0.2, 0.25) is 10.0 Å². The third-order valence-corrected chi connectivity index (χ3v) is 5.94. The monoisotopic (exact) mass is 291 g/mol. The van der Waals surface area contributed by atoms with Crippen LogP contribution in [0.25, 0.3) is 0 Å². The van der Waals surface area contributed by atoms with Gasteiger partial charge in [0.25, 0.3) is 0 Å². The van der Waals surface area contributed by atoms with Crippen LogP contribution in [-0.4, -0.2) is 69.2 Å². The molecular formula is C13H29N3O2S. The van der Waals surface area contributed by atoms with Crippen molar-refractivity contribution in [2.75, 3.05) is 40.0 Å². The van der Waals surface area contributed by atoms with Crippen molar-refractivity contribution < 1.29 is 8.42 Å². The number of hydrogen-bond donors (Lipinski definition) is 1. The van der Waals surface area contributed by atoms with Gasteiger partial charge in [-0.2, -0.15) is 0 Å². The van der Waals surface area contributed by atoms with E-state index in [9.17, 15) is 8.42 Å². The molecule has 1 aliphatic rings. The number of nitrogens with zero attached hydrogens (tertiary/aromatic N) is 2. The first-order valence-corrected chi connectivity index (χ1v) is 8.65. The second-order valence-electron chi connectivity index (χ2n) is 6.15. The normalized spacial score (nSPS) is 19.2. The molecular weight excluding hydrogens is 262 g/mol. The van der Waals surface area contributed by atoms with Gasteiger partial charge in [0, 0.05) is 31.7 Å². The lowest BCUT2D eigenvalue weighted by Crippen LogP contribution is -2.57. The highest BCUT2D eigenvalue weighted by atomic mass is 32.2. The molecule has 0 saturated heterocycles. The first kappa shape index (κ1) is 16.9. The zero-order chi connectivity index (χ0) is 14.7. The van der Waals surface area contributed by atoms with Crippen molar-refractivity contribution in [1.82, 2.24) is 14.5 Å². The van der Waals surface area contributed by atoms with Crippen molar-refractivity contribution in [2.24, 2.45) is 0 Å². The van der Waals surface area contributed by atoms with Gasteiger partial charge >= 0.3 is 0 Å². The molecule has 0 aromatic rings. The van der Waals surface area contributed by atoms with Gasteiger partial charge in [-0.15, -0.1) is 0 Å². The summed E-state index contributed by atoms with van der Waals surface area (Å²) in [6, 6.07) is 0.320. The molecule has 114 valence electrons. The van der Waals surface area contributed by atoms with Gasteiger partial charge in [0.1, 0.15) is 0 Å². The maximum absolute atomic E-state index is 12.2. The minimum absolute atomic E-state index is 0.0489. The number of likely N-dealkylation sites (N-methyl/N-ethyl adjacent to an activating group) is 2.